The molecule has 1 aromatic carbocycles. The van der Waals surface area contributed by atoms with Crippen LogP contribution in [0.1, 0.15) is 39.2 Å². The van der Waals surface area contributed by atoms with Crippen molar-refractivity contribution in [3.63, 3.8) is 0 Å². The predicted octanol–water partition coefficient (Wildman–Crippen LogP) is -0.0190. The quantitative estimate of drug-likeness (QED) is 0.165. The van der Waals surface area contributed by atoms with Gasteiger partial charge in [0.25, 0.3) is 0 Å². The van der Waals surface area contributed by atoms with E-state index >= 15 is 0 Å². The molecular weight excluding hydrogens is 488 g/mol. The number of aliphatic hydroxyl groups excluding tert-OH is 1. The number of hydrogen-bond donors (Lipinski definition) is 7. The summed E-state index contributed by atoms with van der Waals surface area (Å²) in [5, 5.41) is 36.4. The second-order valence-corrected chi connectivity index (χ2v) is 10.1. The summed E-state index contributed by atoms with van der Waals surface area (Å²) in [6.45, 7) is 4.98. The molecule has 36 heavy (non-hydrogen) atoms. The number of carboxylic acid groups (broad SMARTS) is 1. The van der Waals surface area contributed by atoms with Crippen LogP contribution in [0.15, 0.2) is 24.3 Å². The number of carbonyl (C=O) groups is 4. The number of nitrogens with one attached hydrogen (secondary N) is 3. The highest BCUT2D eigenvalue weighted by atomic mass is 32.2. The number of carboxylic acids is 1. The van der Waals surface area contributed by atoms with Crippen LogP contribution in [-0.2, 0) is 25.6 Å². The fourth-order valence-electron chi connectivity index (χ4n) is 3.38. The molecule has 0 radical (unpaired) electrons. The fraction of sp³-hybridized carbons (Fsp3) is 0.583. The Morgan fingerprint density at radius 2 is 1.53 bits per heavy atom. The molecule has 0 aliphatic rings. The largest absolute Gasteiger partial charge is 0.508 e. The van der Waals surface area contributed by atoms with Crippen molar-refractivity contribution in [2.45, 2.75) is 70.3 Å². The summed E-state index contributed by atoms with van der Waals surface area (Å²) < 4.78 is 0. The number of carbonyl (C=O) groups excluding carboxylic acids is 3. The average molecular weight is 527 g/mol. The van der Waals surface area contributed by atoms with E-state index in [2.05, 4.69) is 16.0 Å². The van der Waals surface area contributed by atoms with Gasteiger partial charge in [0, 0.05) is 0 Å². The van der Waals surface area contributed by atoms with Gasteiger partial charge in [-0.25, -0.2) is 4.79 Å². The van der Waals surface area contributed by atoms with Crippen LogP contribution in [0.4, 0.5) is 0 Å². The molecule has 3 amide bonds. The standard InChI is InChI=1S/C24H38N4O7S/c1-13(2)11-19(24(34)35)27-22(32)18(9-10-36-4)26-23(33)20(14(3)29)28-21(31)17(25)12-15-5-7-16(30)8-6-15/h5-8,13-14,17-20,29-30H,9-12,25H2,1-4H3,(H,26,33)(H,27,32)(H,28,31)(H,34,35). The third-order valence-electron chi connectivity index (χ3n) is 5.36. The van der Waals surface area contributed by atoms with Crippen LogP contribution in [0.5, 0.6) is 5.75 Å². The predicted molar refractivity (Wildman–Crippen MR) is 137 cm³/mol. The molecule has 1 aromatic rings. The second kappa shape index (κ2) is 15.3. The number of hydrogen-bond acceptors (Lipinski definition) is 8. The maximum Gasteiger partial charge on any atom is 0.326 e. The van der Waals surface area contributed by atoms with Crippen molar-refractivity contribution in [2.24, 2.45) is 11.7 Å². The van der Waals surface area contributed by atoms with Gasteiger partial charge < -0.3 is 37.0 Å². The van der Waals surface area contributed by atoms with Crippen molar-refractivity contribution in [1.29, 1.82) is 0 Å². The molecule has 0 saturated carbocycles. The summed E-state index contributed by atoms with van der Waals surface area (Å²) in [5.41, 5.74) is 6.65. The van der Waals surface area contributed by atoms with E-state index < -0.39 is 54.0 Å². The number of rotatable bonds is 15. The summed E-state index contributed by atoms with van der Waals surface area (Å²) in [6, 6.07) is 1.54. The van der Waals surface area contributed by atoms with E-state index in [0.717, 1.165) is 0 Å². The zero-order chi connectivity index (χ0) is 27.4. The van der Waals surface area contributed by atoms with E-state index in [-0.39, 0.29) is 30.9 Å². The van der Waals surface area contributed by atoms with Gasteiger partial charge >= 0.3 is 5.97 Å². The molecule has 0 bridgehead atoms. The van der Waals surface area contributed by atoms with Crippen molar-refractivity contribution in [1.82, 2.24) is 16.0 Å². The smallest absolute Gasteiger partial charge is 0.326 e. The first-order valence-electron chi connectivity index (χ1n) is 11.7. The highest BCUT2D eigenvalue weighted by Gasteiger charge is 2.32. The van der Waals surface area contributed by atoms with Crippen LogP contribution in [0.3, 0.4) is 0 Å². The van der Waals surface area contributed by atoms with E-state index in [0.29, 0.717) is 11.3 Å². The van der Waals surface area contributed by atoms with Crippen molar-refractivity contribution in [3.8, 4) is 5.75 Å². The van der Waals surface area contributed by atoms with Gasteiger partial charge in [0.15, 0.2) is 0 Å². The topological polar surface area (TPSA) is 191 Å². The number of aliphatic carboxylic acids is 1. The molecule has 5 unspecified atom stereocenters. The van der Waals surface area contributed by atoms with Crippen LogP contribution in [-0.4, -0.2) is 81.3 Å². The molecule has 1 rings (SSSR count). The Bertz CT molecular complexity index is 880. The van der Waals surface area contributed by atoms with Gasteiger partial charge in [-0.15, -0.1) is 0 Å². The second-order valence-electron chi connectivity index (χ2n) is 9.08. The maximum absolute atomic E-state index is 13.0. The molecule has 12 heteroatoms. The third kappa shape index (κ3) is 10.8. The minimum Gasteiger partial charge on any atom is -0.508 e. The van der Waals surface area contributed by atoms with Crippen LogP contribution >= 0.6 is 11.8 Å². The maximum atomic E-state index is 13.0. The monoisotopic (exact) mass is 526 g/mol. The Hall–Kier alpha value is -2.83. The van der Waals surface area contributed by atoms with Gasteiger partial charge in [-0.3, -0.25) is 14.4 Å². The number of aromatic hydroxyl groups is 1. The molecule has 11 nitrogen and oxygen atoms in total. The SMILES string of the molecule is CSCCC(NC(=O)C(NC(=O)C(N)Cc1ccc(O)cc1)C(C)O)C(=O)NC(CC(C)C)C(=O)O. The average Bonchev–Trinajstić information content (AvgIpc) is 2.80. The summed E-state index contributed by atoms with van der Waals surface area (Å²) in [6.07, 6.45) is 1.09. The van der Waals surface area contributed by atoms with E-state index in [1.807, 2.05) is 20.1 Å². The molecule has 0 aromatic heterocycles. The lowest BCUT2D eigenvalue weighted by atomic mass is 10.0. The lowest BCUT2D eigenvalue weighted by Gasteiger charge is -2.26. The number of benzene rings is 1. The highest BCUT2D eigenvalue weighted by Crippen LogP contribution is 2.11. The normalized spacial score (nSPS) is 15.3. The summed E-state index contributed by atoms with van der Waals surface area (Å²) in [4.78, 5) is 50.0. The lowest BCUT2D eigenvalue weighted by molar-refractivity contribution is -0.143. The Morgan fingerprint density at radius 3 is 2.03 bits per heavy atom. The Kier molecular flexibility index (Phi) is 13.3. The molecule has 5 atom stereocenters. The molecule has 0 saturated heterocycles. The number of amides is 3. The van der Waals surface area contributed by atoms with Crippen LogP contribution in [0, 0.1) is 5.92 Å². The van der Waals surface area contributed by atoms with E-state index in [1.54, 1.807) is 12.1 Å². The van der Waals surface area contributed by atoms with Crippen molar-refractivity contribution < 1.29 is 34.5 Å². The Balaban J connectivity index is 2.90. The van der Waals surface area contributed by atoms with Gasteiger partial charge in [-0.1, -0.05) is 26.0 Å². The van der Waals surface area contributed by atoms with Crippen LogP contribution in [0.2, 0.25) is 0 Å². The first-order chi connectivity index (χ1) is 16.8. The van der Waals surface area contributed by atoms with Crippen molar-refractivity contribution in [2.75, 3.05) is 12.0 Å². The number of aliphatic hydroxyl groups is 1. The number of thioether (sulfide) groups is 1. The molecule has 0 spiro atoms. The van der Waals surface area contributed by atoms with Crippen LogP contribution in [0.25, 0.3) is 0 Å². The van der Waals surface area contributed by atoms with Gasteiger partial charge in [0.05, 0.1) is 12.1 Å². The van der Waals surface area contributed by atoms with Gasteiger partial charge in [0.1, 0.15) is 23.9 Å². The summed E-state index contributed by atoms with van der Waals surface area (Å²) in [7, 11) is 0. The minimum absolute atomic E-state index is 0.0197. The number of phenols is 1. The number of phenolic OH excluding ortho intramolecular Hbond substituents is 1. The molecule has 0 aliphatic heterocycles. The zero-order valence-corrected chi connectivity index (χ0v) is 21.9. The van der Waals surface area contributed by atoms with Gasteiger partial charge in [0.2, 0.25) is 17.7 Å². The van der Waals surface area contributed by atoms with Crippen LogP contribution < -0.4 is 21.7 Å². The van der Waals surface area contributed by atoms with E-state index in [1.165, 1.54) is 30.8 Å². The zero-order valence-electron chi connectivity index (χ0n) is 21.1. The van der Waals surface area contributed by atoms with E-state index in [4.69, 9.17) is 5.73 Å². The van der Waals surface area contributed by atoms with E-state index in [9.17, 15) is 34.5 Å². The molecule has 0 aliphatic carbocycles. The molecule has 0 heterocycles. The third-order valence-corrected chi connectivity index (χ3v) is 6.00. The van der Waals surface area contributed by atoms with Gasteiger partial charge in [-0.05, 0) is 61.8 Å². The first-order valence-corrected chi connectivity index (χ1v) is 13.1. The molecule has 0 fully saturated rings. The van der Waals surface area contributed by atoms with Gasteiger partial charge in [-0.2, -0.15) is 11.8 Å². The fourth-order valence-corrected chi connectivity index (χ4v) is 3.85. The van der Waals surface area contributed by atoms with Crippen molar-refractivity contribution in [3.05, 3.63) is 29.8 Å². The lowest BCUT2D eigenvalue weighted by Crippen LogP contribution is -2.60. The highest BCUT2D eigenvalue weighted by molar-refractivity contribution is 7.98. The first kappa shape index (κ1) is 31.2. The molecular formula is C24H38N4O7S. The summed E-state index contributed by atoms with van der Waals surface area (Å²) >= 11 is 1.44. The number of nitrogens with two attached hydrogens (primary N) is 1. The Labute approximate surface area is 215 Å². The summed E-state index contributed by atoms with van der Waals surface area (Å²) in [5.74, 6) is -2.73. The molecule has 202 valence electrons. The van der Waals surface area contributed by atoms with Crippen molar-refractivity contribution >= 4 is 35.5 Å². The molecule has 8 N–H and O–H groups in total. The Morgan fingerprint density at radius 1 is 0.944 bits per heavy atom. The minimum atomic E-state index is -1.39.